The molecule has 0 saturated carbocycles. The molecule has 1 saturated heterocycles. The number of amides is 2. The number of benzene rings is 3. The lowest BCUT2D eigenvalue weighted by Crippen LogP contribution is -2.22. The normalized spacial score (nSPS) is 13.8. The molecule has 2 amide bonds. The summed E-state index contributed by atoms with van der Waals surface area (Å²) in [5.41, 5.74) is 4.93. The zero-order chi connectivity index (χ0) is 26.7. The highest BCUT2D eigenvalue weighted by atomic mass is 32.2. The molecule has 0 bridgehead atoms. The highest BCUT2D eigenvalue weighted by Crippen LogP contribution is 2.29. The van der Waals surface area contributed by atoms with Gasteiger partial charge in [-0.25, -0.2) is 9.48 Å². The van der Waals surface area contributed by atoms with Crippen molar-refractivity contribution < 1.29 is 4.79 Å². The first-order chi connectivity index (χ1) is 18.3. The number of aromatic nitrogens is 2. The maximum Gasteiger partial charge on any atom is 0.324 e. The van der Waals surface area contributed by atoms with E-state index < -0.39 is 0 Å². The van der Waals surface area contributed by atoms with Crippen LogP contribution in [-0.2, 0) is 5.41 Å². The predicted molar refractivity (Wildman–Crippen MR) is 159 cm³/mol. The molecule has 0 unspecified atom stereocenters. The monoisotopic (exact) mass is 523 g/mol. The van der Waals surface area contributed by atoms with E-state index in [1.54, 1.807) is 16.9 Å². The summed E-state index contributed by atoms with van der Waals surface area (Å²) in [6.07, 6.45) is 1.70. The predicted octanol–water partition coefficient (Wildman–Crippen LogP) is 6.63. The van der Waals surface area contributed by atoms with Crippen LogP contribution in [0.15, 0.2) is 66.9 Å². The number of thioether (sulfide) groups is 1. The van der Waals surface area contributed by atoms with Gasteiger partial charge in [0.2, 0.25) is 0 Å². The fourth-order valence-corrected chi connectivity index (χ4v) is 5.50. The molecule has 2 heterocycles. The van der Waals surface area contributed by atoms with Gasteiger partial charge in [0.1, 0.15) is 5.82 Å². The molecular weight excluding hydrogens is 490 g/mol. The van der Waals surface area contributed by atoms with Gasteiger partial charge in [-0.1, -0.05) is 69.0 Å². The molecule has 6 nitrogen and oxygen atoms in total. The van der Waals surface area contributed by atoms with Crippen LogP contribution in [0.1, 0.15) is 37.5 Å². The number of nitrogens with zero attached hydrogens (tertiary/aromatic N) is 3. The van der Waals surface area contributed by atoms with Crippen LogP contribution in [-0.4, -0.2) is 45.4 Å². The molecular formula is C31H33N5OS. The lowest BCUT2D eigenvalue weighted by atomic mass is 9.86. The largest absolute Gasteiger partial charge is 0.324 e. The van der Waals surface area contributed by atoms with Crippen LogP contribution in [0.25, 0.3) is 16.5 Å². The first kappa shape index (κ1) is 25.9. The number of anilines is 2. The highest BCUT2D eigenvalue weighted by Gasteiger charge is 2.18. The van der Waals surface area contributed by atoms with Gasteiger partial charge in [0, 0.05) is 35.2 Å². The first-order valence-electron chi connectivity index (χ1n) is 12.8. The first-order valence-corrected chi connectivity index (χ1v) is 14.0. The number of nitrogens with one attached hydrogen (secondary N) is 2. The van der Waals surface area contributed by atoms with Gasteiger partial charge in [-0.15, -0.1) is 11.8 Å². The summed E-state index contributed by atoms with van der Waals surface area (Å²) in [5.74, 6) is 9.48. The van der Waals surface area contributed by atoms with Crippen LogP contribution in [0.5, 0.6) is 0 Å². The minimum Gasteiger partial charge on any atom is -0.307 e. The summed E-state index contributed by atoms with van der Waals surface area (Å²) in [7, 11) is 0. The van der Waals surface area contributed by atoms with Crippen molar-refractivity contribution in [2.75, 3.05) is 35.4 Å². The average molecular weight is 524 g/mol. The average Bonchev–Trinajstić information content (AvgIpc) is 3.57. The minimum absolute atomic E-state index is 0.00537. The molecule has 3 aromatic carbocycles. The Balaban J connectivity index is 1.36. The summed E-state index contributed by atoms with van der Waals surface area (Å²) >= 11 is 1.95. The van der Waals surface area contributed by atoms with Gasteiger partial charge in [-0.05, 0) is 47.1 Å². The SMILES string of the molecule is Cc1ccc(C(C)(C)C)cc1-n1nccc1NC(=O)Nc1ccc(C#CCN2CCSC2)c2ccccc12. The van der Waals surface area contributed by atoms with E-state index in [2.05, 4.69) is 71.4 Å². The Labute approximate surface area is 228 Å². The van der Waals surface area contributed by atoms with Gasteiger partial charge >= 0.3 is 6.03 Å². The summed E-state index contributed by atoms with van der Waals surface area (Å²) in [5, 5.41) is 12.5. The molecule has 1 aromatic heterocycles. The van der Waals surface area contributed by atoms with E-state index in [0.29, 0.717) is 5.82 Å². The lowest BCUT2D eigenvalue weighted by molar-refractivity contribution is 0.262. The molecule has 5 rings (SSSR count). The van der Waals surface area contributed by atoms with Crippen molar-refractivity contribution >= 4 is 40.1 Å². The third-order valence-corrected chi connectivity index (χ3v) is 7.73. The molecule has 1 aliphatic heterocycles. The van der Waals surface area contributed by atoms with E-state index in [1.165, 1.54) is 11.3 Å². The van der Waals surface area contributed by atoms with E-state index in [4.69, 9.17) is 0 Å². The number of carbonyl (C=O) groups excluding carboxylic acids is 1. The maximum atomic E-state index is 13.1. The topological polar surface area (TPSA) is 62.2 Å². The van der Waals surface area contributed by atoms with Crippen molar-refractivity contribution in [1.82, 2.24) is 14.7 Å². The number of hydrogen-bond donors (Lipinski definition) is 2. The van der Waals surface area contributed by atoms with Crippen LogP contribution < -0.4 is 10.6 Å². The van der Waals surface area contributed by atoms with E-state index >= 15 is 0 Å². The second-order valence-corrected chi connectivity index (χ2v) is 11.6. The van der Waals surface area contributed by atoms with Crippen LogP contribution >= 0.6 is 11.8 Å². The van der Waals surface area contributed by atoms with Crippen LogP contribution in [0.3, 0.4) is 0 Å². The number of aryl methyl sites for hydroxylation is 1. The Morgan fingerprint density at radius 3 is 2.63 bits per heavy atom. The molecule has 0 spiro atoms. The van der Waals surface area contributed by atoms with E-state index in [9.17, 15) is 4.79 Å². The Morgan fingerprint density at radius 2 is 1.87 bits per heavy atom. The van der Waals surface area contributed by atoms with Crippen LogP contribution in [0.2, 0.25) is 0 Å². The molecule has 4 aromatic rings. The number of hydrogen-bond acceptors (Lipinski definition) is 4. The minimum atomic E-state index is -0.327. The van der Waals surface area contributed by atoms with Crippen molar-refractivity contribution in [1.29, 1.82) is 0 Å². The number of urea groups is 1. The summed E-state index contributed by atoms with van der Waals surface area (Å²) < 4.78 is 1.78. The molecule has 0 radical (unpaired) electrons. The maximum absolute atomic E-state index is 13.1. The van der Waals surface area contributed by atoms with Crippen molar-refractivity contribution in [3.05, 3.63) is 83.6 Å². The van der Waals surface area contributed by atoms with Gasteiger partial charge in [0.15, 0.2) is 0 Å². The Bertz CT molecular complexity index is 1530. The molecule has 7 heteroatoms. The van der Waals surface area contributed by atoms with Gasteiger partial charge < -0.3 is 5.32 Å². The molecule has 1 fully saturated rings. The summed E-state index contributed by atoms with van der Waals surface area (Å²) in [6, 6.07) is 19.8. The zero-order valence-electron chi connectivity index (χ0n) is 22.3. The van der Waals surface area contributed by atoms with E-state index in [-0.39, 0.29) is 11.4 Å². The summed E-state index contributed by atoms with van der Waals surface area (Å²) in [6.45, 7) is 10.5. The molecule has 38 heavy (non-hydrogen) atoms. The van der Waals surface area contributed by atoms with Crippen molar-refractivity contribution in [3.63, 3.8) is 0 Å². The van der Waals surface area contributed by atoms with Gasteiger partial charge in [0.05, 0.1) is 24.1 Å². The molecule has 0 aliphatic carbocycles. The fraction of sp³-hybridized carbons (Fsp3) is 0.290. The van der Waals surface area contributed by atoms with Crippen LogP contribution in [0.4, 0.5) is 16.3 Å². The Hall–Kier alpha value is -3.73. The third-order valence-electron chi connectivity index (χ3n) is 6.71. The number of rotatable bonds is 4. The highest BCUT2D eigenvalue weighted by molar-refractivity contribution is 7.99. The second-order valence-electron chi connectivity index (χ2n) is 10.6. The molecule has 194 valence electrons. The van der Waals surface area contributed by atoms with Crippen molar-refractivity contribution in [2.45, 2.75) is 33.1 Å². The van der Waals surface area contributed by atoms with Gasteiger partial charge in [0.25, 0.3) is 0 Å². The molecule has 2 N–H and O–H groups in total. The van der Waals surface area contributed by atoms with Gasteiger partial charge in [-0.3, -0.25) is 10.2 Å². The molecule has 1 aliphatic rings. The zero-order valence-corrected chi connectivity index (χ0v) is 23.2. The number of carbonyl (C=O) groups is 1. The summed E-state index contributed by atoms with van der Waals surface area (Å²) in [4.78, 5) is 15.5. The van der Waals surface area contributed by atoms with E-state index in [1.807, 2.05) is 55.1 Å². The standard InChI is InChI=1S/C31H33N5OS/c1-22-11-13-24(31(2,3)4)20-28(22)36-29(15-16-32-36)34-30(37)33-27-14-12-23(25-9-5-6-10-26(25)27)8-7-17-35-18-19-38-21-35/h5-6,9-16,20H,17-19,21H2,1-4H3,(H2,33,34,37). The number of fused-ring (bicyclic) bond motifs is 1. The Kier molecular flexibility index (Phi) is 7.46. The molecule has 0 atom stereocenters. The van der Waals surface area contributed by atoms with E-state index in [0.717, 1.165) is 52.2 Å². The second kappa shape index (κ2) is 10.9. The van der Waals surface area contributed by atoms with Crippen LogP contribution in [0, 0.1) is 18.8 Å². The van der Waals surface area contributed by atoms with Gasteiger partial charge in [-0.2, -0.15) is 5.10 Å². The van der Waals surface area contributed by atoms with Crippen molar-refractivity contribution in [3.8, 4) is 17.5 Å². The van der Waals surface area contributed by atoms with Crippen molar-refractivity contribution in [2.24, 2.45) is 0 Å². The Morgan fingerprint density at radius 1 is 1.05 bits per heavy atom. The third kappa shape index (κ3) is 5.72. The lowest BCUT2D eigenvalue weighted by Gasteiger charge is -2.21. The quantitative estimate of drug-likeness (QED) is 0.295. The fourth-order valence-electron chi connectivity index (χ4n) is 4.50. The smallest absolute Gasteiger partial charge is 0.307 e.